The van der Waals surface area contributed by atoms with Crippen LogP contribution < -0.4 is 0 Å². The number of hydrogen-bond acceptors (Lipinski definition) is 1. The molecule has 0 aliphatic heterocycles. The molecular formula is C51H31N. The molecule has 0 atom stereocenters. The minimum Gasteiger partial charge on any atom is -0.247 e. The summed E-state index contributed by atoms with van der Waals surface area (Å²) in [6.07, 6.45) is 0. The Hall–Kier alpha value is -6.83. The molecule has 0 N–H and O–H groups in total. The third kappa shape index (κ3) is 4.20. The first-order chi connectivity index (χ1) is 25.8. The normalized spacial score (nSPS) is 11.8. The van der Waals surface area contributed by atoms with Gasteiger partial charge >= 0.3 is 0 Å². The van der Waals surface area contributed by atoms with Crippen LogP contribution in [0.2, 0.25) is 0 Å². The molecule has 1 nitrogen and oxygen atoms in total. The number of para-hydroxylation sites is 1. The predicted octanol–water partition coefficient (Wildman–Crippen LogP) is 14.2. The smallest absolute Gasteiger partial charge is 0.0794 e. The number of pyridine rings is 1. The van der Waals surface area contributed by atoms with E-state index in [4.69, 9.17) is 4.98 Å². The summed E-state index contributed by atoms with van der Waals surface area (Å²) in [5, 5.41) is 16.2. The Morgan fingerprint density at radius 3 is 1.42 bits per heavy atom. The summed E-state index contributed by atoms with van der Waals surface area (Å²) in [4.78, 5) is 5.47. The van der Waals surface area contributed by atoms with Crippen LogP contribution in [0.4, 0.5) is 0 Å². The van der Waals surface area contributed by atoms with Crippen molar-refractivity contribution in [3.63, 3.8) is 0 Å². The molecule has 1 heterocycles. The van der Waals surface area contributed by atoms with E-state index in [0.29, 0.717) is 0 Å². The van der Waals surface area contributed by atoms with Crippen LogP contribution in [-0.4, -0.2) is 4.98 Å². The maximum atomic E-state index is 5.47. The van der Waals surface area contributed by atoms with Gasteiger partial charge in [-0.3, -0.25) is 0 Å². The topological polar surface area (TPSA) is 12.9 Å². The van der Waals surface area contributed by atoms with E-state index in [0.717, 1.165) is 16.8 Å². The van der Waals surface area contributed by atoms with E-state index in [9.17, 15) is 0 Å². The first kappa shape index (κ1) is 29.0. The fraction of sp³-hybridized carbons (Fsp3) is 0. The van der Waals surface area contributed by atoms with Gasteiger partial charge in [-0.2, -0.15) is 0 Å². The zero-order chi connectivity index (χ0) is 34.2. The van der Waals surface area contributed by atoms with Gasteiger partial charge in [0.2, 0.25) is 0 Å². The van der Waals surface area contributed by atoms with E-state index in [1.807, 2.05) is 0 Å². The average molecular weight is 658 g/mol. The molecule has 0 fully saturated rings. The van der Waals surface area contributed by atoms with Crippen LogP contribution >= 0.6 is 0 Å². The van der Waals surface area contributed by atoms with Crippen molar-refractivity contribution in [3.05, 3.63) is 188 Å². The highest BCUT2D eigenvalue weighted by Gasteiger charge is 2.20. The van der Waals surface area contributed by atoms with Crippen molar-refractivity contribution >= 4 is 75.5 Å². The Kier molecular flexibility index (Phi) is 6.32. The van der Waals surface area contributed by atoms with Crippen molar-refractivity contribution in [1.82, 2.24) is 4.98 Å². The Morgan fingerprint density at radius 1 is 0.288 bits per heavy atom. The van der Waals surface area contributed by atoms with E-state index >= 15 is 0 Å². The van der Waals surface area contributed by atoms with Crippen molar-refractivity contribution in [3.8, 4) is 33.5 Å². The molecule has 0 radical (unpaired) electrons. The summed E-state index contributed by atoms with van der Waals surface area (Å²) in [6, 6.07) is 68.6. The second-order valence-electron chi connectivity index (χ2n) is 13.8. The molecule has 0 saturated carbocycles. The van der Waals surface area contributed by atoms with Crippen LogP contribution in [-0.2, 0) is 0 Å². The number of fused-ring (bicyclic) bond motifs is 11. The summed E-state index contributed by atoms with van der Waals surface area (Å²) in [5.41, 5.74) is 8.10. The number of aromatic nitrogens is 1. The minimum absolute atomic E-state index is 1.01. The van der Waals surface area contributed by atoms with Gasteiger partial charge in [-0.25, -0.2) is 4.98 Å². The van der Waals surface area contributed by atoms with Crippen LogP contribution in [0.3, 0.4) is 0 Å². The fourth-order valence-corrected chi connectivity index (χ4v) is 8.83. The molecule has 0 unspecified atom stereocenters. The quantitative estimate of drug-likeness (QED) is 0.136. The van der Waals surface area contributed by atoms with Gasteiger partial charge in [0, 0.05) is 21.7 Å². The van der Waals surface area contributed by atoms with Crippen molar-refractivity contribution in [2.75, 3.05) is 0 Å². The second kappa shape index (κ2) is 11.3. The summed E-state index contributed by atoms with van der Waals surface area (Å²) in [6.45, 7) is 0. The largest absolute Gasteiger partial charge is 0.247 e. The number of nitrogens with zero attached hydrogens (tertiary/aromatic N) is 1. The van der Waals surface area contributed by atoms with Crippen LogP contribution in [0.15, 0.2) is 188 Å². The standard InChI is InChI=1S/C51H31N/c1-2-19-35-32(15-1)16-14-29-38(35)48-43-26-9-7-24-41(43)47(42-25-8-10-27-44(42)48)33-17-13-18-34(31-33)51-50-40-23-6-4-21-37(40)36-20-3-5-22-39(36)49(50)45-28-11-12-30-46(45)52-51/h1-31H. The Balaban J connectivity index is 1.24. The van der Waals surface area contributed by atoms with Gasteiger partial charge in [0.15, 0.2) is 0 Å². The lowest BCUT2D eigenvalue weighted by Gasteiger charge is -2.19. The zero-order valence-electron chi connectivity index (χ0n) is 28.3. The van der Waals surface area contributed by atoms with Crippen molar-refractivity contribution in [2.24, 2.45) is 0 Å². The SMILES string of the molecule is c1cc(-c2c3ccccc3c(-c3cccc4ccccc34)c3ccccc23)cc(-c2nc3ccccc3c3c4ccccc4c4ccccc4c23)c1. The molecule has 0 spiro atoms. The maximum Gasteiger partial charge on any atom is 0.0794 e. The van der Waals surface area contributed by atoms with E-state index in [1.54, 1.807) is 0 Å². The zero-order valence-corrected chi connectivity index (χ0v) is 28.3. The molecule has 11 rings (SSSR count). The Labute approximate surface area is 301 Å². The van der Waals surface area contributed by atoms with E-state index in [-0.39, 0.29) is 0 Å². The van der Waals surface area contributed by atoms with Gasteiger partial charge in [0.05, 0.1) is 11.2 Å². The summed E-state index contributed by atoms with van der Waals surface area (Å²) in [7, 11) is 0. The van der Waals surface area contributed by atoms with Crippen molar-refractivity contribution in [1.29, 1.82) is 0 Å². The second-order valence-corrected chi connectivity index (χ2v) is 13.8. The van der Waals surface area contributed by atoms with Gasteiger partial charge in [-0.05, 0) is 88.2 Å². The molecule has 11 aromatic rings. The van der Waals surface area contributed by atoms with Gasteiger partial charge < -0.3 is 0 Å². The van der Waals surface area contributed by atoms with Crippen molar-refractivity contribution in [2.45, 2.75) is 0 Å². The van der Waals surface area contributed by atoms with E-state index < -0.39 is 0 Å². The highest BCUT2D eigenvalue weighted by atomic mass is 14.7. The maximum absolute atomic E-state index is 5.47. The third-order valence-electron chi connectivity index (χ3n) is 11.0. The lowest BCUT2D eigenvalue weighted by atomic mass is 9.84. The van der Waals surface area contributed by atoms with Crippen LogP contribution in [0.5, 0.6) is 0 Å². The third-order valence-corrected chi connectivity index (χ3v) is 11.0. The molecule has 0 aliphatic rings. The van der Waals surface area contributed by atoms with Crippen LogP contribution in [0, 0.1) is 0 Å². The van der Waals surface area contributed by atoms with Gasteiger partial charge in [-0.1, -0.05) is 176 Å². The molecule has 52 heavy (non-hydrogen) atoms. The highest BCUT2D eigenvalue weighted by molar-refractivity contribution is 6.33. The fourth-order valence-electron chi connectivity index (χ4n) is 8.83. The average Bonchev–Trinajstić information content (AvgIpc) is 3.22. The van der Waals surface area contributed by atoms with Crippen LogP contribution in [0.1, 0.15) is 0 Å². The van der Waals surface area contributed by atoms with E-state index in [1.165, 1.54) is 92.3 Å². The molecule has 0 aliphatic carbocycles. The summed E-state index contributed by atoms with van der Waals surface area (Å²) >= 11 is 0. The molecule has 240 valence electrons. The molecular weight excluding hydrogens is 627 g/mol. The highest BCUT2D eigenvalue weighted by Crippen LogP contribution is 2.47. The molecule has 1 aromatic heterocycles. The number of benzene rings is 10. The molecule has 10 aromatic carbocycles. The summed E-state index contributed by atoms with van der Waals surface area (Å²) in [5.74, 6) is 0. The van der Waals surface area contributed by atoms with Gasteiger partial charge in [0.1, 0.15) is 0 Å². The Morgan fingerprint density at radius 2 is 0.750 bits per heavy atom. The number of rotatable bonds is 3. The Bertz CT molecular complexity index is 3180. The number of hydrogen-bond donors (Lipinski definition) is 0. The first-order valence-corrected chi connectivity index (χ1v) is 18.0. The first-order valence-electron chi connectivity index (χ1n) is 18.0. The van der Waals surface area contributed by atoms with Gasteiger partial charge in [-0.15, -0.1) is 0 Å². The molecule has 0 saturated heterocycles. The molecule has 0 bridgehead atoms. The summed E-state index contributed by atoms with van der Waals surface area (Å²) < 4.78 is 0. The predicted molar refractivity (Wildman–Crippen MR) is 223 cm³/mol. The molecule has 0 amide bonds. The minimum atomic E-state index is 1.01. The van der Waals surface area contributed by atoms with Crippen LogP contribution in [0.25, 0.3) is 109 Å². The van der Waals surface area contributed by atoms with E-state index in [2.05, 4.69) is 188 Å². The lowest BCUT2D eigenvalue weighted by Crippen LogP contribution is -1.94. The monoisotopic (exact) mass is 657 g/mol. The van der Waals surface area contributed by atoms with Crippen molar-refractivity contribution < 1.29 is 0 Å². The lowest BCUT2D eigenvalue weighted by molar-refractivity contribution is 1.43. The molecule has 1 heteroatoms. The van der Waals surface area contributed by atoms with Gasteiger partial charge in [0.25, 0.3) is 0 Å².